The predicted molar refractivity (Wildman–Crippen MR) is 89.0 cm³/mol. The summed E-state index contributed by atoms with van der Waals surface area (Å²) >= 11 is 5.91. The molecule has 0 saturated heterocycles. The molecular weight excluding hydrogens is 374 g/mol. The van der Waals surface area contributed by atoms with Crippen LogP contribution in [0.2, 0.25) is 5.02 Å². The Kier molecular flexibility index (Phi) is 5.75. The molecule has 1 aliphatic rings. The Bertz CT molecular complexity index is 865. The van der Waals surface area contributed by atoms with E-state index >= 15 is 0 Å². The molecule has 0 saturated carbocycles. The molecule has 0 atom stereocenters. The van der Waals surface area contributed by atoms with Crippen molar-refractivity contribution in [3.63, 3.8) is 0 Å². The highest BCUT2D eigenvalue weighted by atomic mass is 35.5. The summed E-state index contributed by atoms with van der Waals surface area (Å²) in [7, 11) is -3.47. The van der Waals surface area contributed by atoms with Crippen LogP contribution in [0.1, 0.15) is 12.8 Å². The highest BCUT2D eigenvalue weighted by molar-refractivity contribution is 7.90. The van der Waals surface area contributed by atoms with Crippen molar-refractivity contribution in [2.24, 2.45) is 5.10 Å². The van der Waals surface area contributed by atoms with Crippen LogP contribution in [0.15, 0.2) is 28.2 Å². The topological polar surface area (TPSA) is 131 Å². The maximum absolute atomic E-state index is 11.9. The monoisotopic (exact) mass is 387 g/mol. The van der Waals surface area contributed by atoms with E-state index in [0.29, 0.717) is 0 Å². The summed E-state index contributed by atoms with van der Waals surface area (Å²) in [5.74, 6) is -1.85. The molecular formula is C14H14ClN3O6S. The number of hydrazone groups is 1. The van der Waals surface area contributed by atoms with Crippen LogP contribution >= 0.6 is 11.6 Å². The number of carbonyl (C=O) groups excluding carboxylic acids is 3. The van der Waals surface area contributed by atoms with Gasteiger partial charge in [-0.15, -0.1) is 0 Å². The van der Waals surface area contributed by atoms with Crippen LogP contribution in [0.25, 0.3) is 0 Å². The lowest BCUT2D eigenvalue weighted by molar-refractivity contribution is -0.140. The number of ether oxygens (including phenoxy) is 1. The number of nitrogens with zero attached hydrogens (tertiary/aromatic N) is 1. The Labute approximate surface area is 148 Å². The number of nitrogens with one attached hydrogen (secondary N) is 2. The molecule has 0 aliphatic carbocycles. The fourth-order valence-electron chi connectivity index (χ4n) is 1.85. The first-order valence-corrected chi connectivity index (χ1v) is 9.26. The van der Waals surface area contributed by atoms with Gasteiger partial charge in [0.05, 0.1) is 15.6 Å². The van der Waals surface area contributed by atoms with E-state index in [1.807, 2.05) is 0 Å². The van der Waals surface area contributed by atoms with Gasteiger partial charge >= 0.3 is 5.97 Å². The number of anilines is 1. The summed E-state index contributed by atoms with van der Waals surface area (Å²) in [6, 6.07) is 3.85. The van der Waals surface area contributed by atoms with Gasteiger partial charge in [-0.2, -0.15) is 5.10 Å². The van der Waals surface area contributed by atoms with E-state index in [1.54, 1.807) is 0 Å². The van der Waals surface area contributed by atoms with E-state index in [-0.39, 0.29) is 40.1 Å². The number of esters is 1. The zero-order valence-electron chi connectivity index (χ0n) is 13.0. The lowest BCUT2D eigenvalue weighted by Gasteiger charge is -2.12. The largest absolute Gasteiger partial charge is 0.451 e. The first-order chi connectivity index (χ1) is 11.7. The Balaban J connectivity index is 1.97. The molecule has 0 unspecified atom stereocenters. The van der Waals surface area contributed by atoms with Crippen LogP contribution in [-0.4, -0.2) is 44.8 Å². The van der Waals surface area contributed by atoms with Crippen LogP contribution in [0.3, 0.4) is 0 Å². The number of rotatable bonds is 5. The molecule has 9 nitrogen and oxygen atoms in total. The first-order valence-electron chi connectivity index (χ1n) is 6.99. The summed E-state index contributed by atoms with van der Waals surface area (Å²) in [4.78, 5) is 34.5. The first kappa shape index (κ1) is 18.9. The van der Waals surface area contributed by atoms with Gasteiger partial charge in [-0.3, -0.25) is 9.59 Å². The molecule has 0 spiro atoms. The van der Waals surface area contributed by atoms with E-state index in [1.165, 1.54) is 18.2 Å². The van der Waals surface area contributed by atoms with Crippen molar-refractivity contribution < 1.29 is 27.5 Å². The second kappa shape index (κ2) is 7.62. The minimum absolute atomic E-state index is 0.00417. The molecule has 11 heteroatoms. The summed E-state index contributed by atoms with van der Waals surface area (Å²) in [6.07, 6.45) is 1.25. The standard InChI is InChI=1S/C14H14ClN3O6S/c1-25(22,23)8-2-3-9(15)11(6-8)16-13(20)7-24-14(21)10-4-5-12(19)18-17-10/h2-3,6H,4-5,7H2,1H3,(H,16,20)(H,18,19). The number of amides is 2. The van der Waals surface area contributed by atoms with Gasteiger partial charge < -0.3 is 10.1 Å². The third kappa shape index (κ3) is 5.26. The highest BCUT2D eigenvalue weighted by Crippen LogP contribution is 2.25. The van der Waals surface area contributed by atoms with E-state index < -0.39 is 28.3 Å². The number of hydrogen-bond acceptors (Lipinski definition) is 7. The third-order valence-corrected chi connectivity index (χ3v) is 4.55. The lowest BCUT2D eigenvalue weighted by Crippen LogP contribution is -2.32. The maximum Gasteiger partial charge on any atom is 0.355 e. The molecule has 134 valence electrons. The van der Waals surface area contributed by atoms with Crippen molar-refractivity contribution in [3.8, 4) is 0 Å². The fourth-order valence-corrected chi connectivity index (χ4v) is 2.66. The molecule has 1 aliphatic heterocycles. The molecule has 1 heterocycles. The predicted octanol–water partition coefficient (Wildman–Crippen LogP) is 0.491. The van der Waals surface area contributed by atoms with Gasteiger partial charge in [0.15, 0.2) is 16.4 Å². The number of sulfone groups is 1. The molecule has 0 bridgehead atoms. The smallest absolute Gasteiger partial charge is 0.355 e. The normalized spacial score (nSPS) is 14.3. The molecule has 0 aromatic heterocycles. The Hall–Kier alpha value is -2.46. The average Bonchev–Trinajstić information content (AvgIpc) is 2.54. The summed E-state index contributed by atoms with van der Waals surface area (Å²) in [5.41, 5.74) is 2.22. The van der Waals surface area contributed by atoms with E-state index in [0.717, 1.165) is 6.26 Å². The van der Waals surface area contributed by atoms with Crippen molar-refractivity contribution in [3.05, 3.63) is 23.2 Å². The summed E-state index contributed by atoms with van der Waals surface area (Å²) in [6.45, 7) is -0.620. The highest BCUT2D eigenvalue weighted by Gasteiger charge is 2.20. The van der Waals surface area contributed by atoms with E-state index in [9.17, 15) is 22.8 Å². The average molecular weight is 388 g/mol. The van der Waals surface area contributed by atoms with E-state index in [2.05, 4.69) is 15.8 Å². The van der Waals surface area contributed by atoms with Crippen molar-refractivity contribution >= 4 is 50.6 Å². The number of carbonyl (C=O) groups is 3. The number of benzene rings is 1. The maximum atomic E-state index is 11.9. The second-order valence-corrected chi connectivity index (χ2v) is 7.55. The van der Waals surface area contributed by atoms with Crippen LogP contribution in [-0.2, 0) is 29.0 Å². The van der Waals surface area contributed by atoms with Gasteiger partial charge in [0.1, 0.15) is 5.71 Å². The molecule has 1 aromatic carbocycles. The van der Waals surface area contributed by atoms with Crippen molar-refractivity contribution in [1.82, 2.24) is 5.43 Å². The SMILES string of the molecule is CS(=O)(=O)c1ccc(Cl)c(NC(=O)COC(=O)C2=NNC(=O)CC2)c1. The molecule has 0 radical (unpaired) electrons. The van der Waals surface area contributed by atoms with Crippen molar-refractivity contribution in [1.29, 1.82) is 0 Å². The Morgan fingerprint density at radius 2 is 2.08 bits per heavy atom. The third-order valence-electron chi connectivity index (χ3n) is 3.11. The Morgan fingerprint density at radius 1 is 1.36 bits per heavy atom. The zero-order valence-corrected chi connectivity index (χ0v) is 14.6. The van der Waals surface area contributed by atoms with Gasteiger partial charge in [-0.05, 0) is 18.2 Å². The van der Waals surface area contributed by atoms with Crippen LogP contribution in [0.5, 0.6) is 0 Å². The van der Waals surface area contributed by atoms with Crippen LogP contribution in [0.4, 0.5) is 5.69 Å². The summed E-state index contributed by atoms with van der Waals surface area (Å²) < 4.78 is 27.8. The quantitative estimate of drug-likeness (QED) is 0.707. The van der Waals surface area contributed by atoms with Crippen LogP contribution in [0, 0.1) is 0 Å². The van der Waals surface area contributed by atoms with Crippen molar-refractivity contribution in [2.45, 2.75) is 17.7 Å². The van der Waals surface area contributed by atoms with Crippen molar-refractivity contribution in [2.75, 3.05) is 18.2 Å². The zero-order chi connectivity index (χ0) is 18.6. The molecule has 2 amide bonds. The molecule has 0 fully saturated rings. The van der Waals surface area contributed by atoms with Gasteiger partial charge in [-0.25, -0.2) is 18.6 Å². The number of halogens is 1. The molecule has 1 aromatic rings. The van der Waals surface area contributed by atoms with Gasteiger partial charge in [0.25, 0.3) is 5.91 Å². The fraction of sp³-hybridized carbons (Fsp3) is 0.286. The number of hydrogen-bond donors (Lipinski definition) is 2. The molecule has 2 rings (SSSR count). The van der Waals surface area contributed by atoms with Crippen LogP contribution < -0.4 is 10.7 Å². The minimum Gasteiger partial charge on any atom is -0.451 e. The second-order valence-electron chi connectivity index (χ2n) is 5.13. The Morgan fingerprint density at radius 3 is 2.68 bits per heavy atom. The summed E-state index contributed by atoms with van der Waals surface area (Å²) in [5, 5.41) is 6.04. The minimum atomic E-state index is -3.47. The van der Waals surface area contributed by atoms with Gasteiger partial charge in [-0.1, -0.05) is 11.6 Å². The van der Waals surface area contributed by atoms with Gasteiger partial charge in [0.2, 0.25) is 5.91 Å². The lowest BCUT2D eigenvalue weighted by atomic mass is 10.2. The van der Waals surface area contributed by atoms with E-state index in [4.69, 9.17) is 16.3 Å². The molecule has 2 N–H and O–H groups in total. The van der Waals surface area contributed by atoms with Gasteiger partial charge in [0, 0.05) is 19.1 Å². The molecule has 25 heavy (non-hydrogen) atoms.